The molecule has 0 atom stereocenters. The molecule has 1 N–H and O–H groups in total. The van der Waals surface area contributed by atoms with Crippen molar-refractivity contribution < 1.29 is 9.53 Å². The lowest BCUT2D eigenvalue weighted by atomic mass is 10.1. The van der Waals surface area contributed by atoms with Crippen molar-refractivity contribution in [3.63, 3.8) is 0 Å². The number of methoxy groups -OCH3 is 1. The predicted octanol–water partition coefficient (Wildman–Crippen LogP) is 2.62. The fraction of sp³-hybridized carbons (Fsp3) is 0.286. The Kier molecular flexibility index (Phi) is 4.73. The smallest absolute Gasteiger partial charge is 0.263 e. The van der Waals surface area contributed by atoms with E-state index in [4.69, 9.17) is 4.74 Å². The van der Waals surface area contributed by atoms with Gasteiger partial charge in [0.2, 0.25) is 0 Å². The van der Waals surface area contributed by atoms with Crippen LogP contribution in [0.1, 0.15) is 40.4 Å². The maximum absolute atomic E-state index is 12.7. The van der Waals surface area contributed by atoms with Crippen LogP contribution in [0.3, 0.4) is 0 Å². The number of benzene rings is 1. The predicted molar refractivity (Wildman–Crippen MR) is 105 cm³/mol. The quantitative estimate of drug-likeness (QED) is 0.715. The second-order valence-electron chi connectivity index (χ2n) is 6.97. The van der Waals surface area contributed by atoms with Gasteiger partial charge in [-0.2, -0.15) is 5.10 Å². The lowest BCUT2D eigenvalue weighted by molar-refractivity contribution is 0.0948. The summed E-state index contributed by atoms with van der Waals surface area (Å²) in [5.41, 5.74) is 2.32. The minimum absolute atomic E-state index is 0.214. The van der Waals surface area contributed by atoms with Gasteiger partial charge < -0.3 is 14.6 Å². The molecule has 1 amide bonds. The maximum Gasteiger partial charge on any atom is 0.263 e. The summed E-state index contributed by atoms with van der Waals surface area (Å²) < 4.78 is 8.73. The summed E-state index contributed by atoms with van der Waals surface area (Å²) in [5, 5.41) is 7.19. The van der Waals surface area contributed by atoms with Crippen LogP contribution in [0.25, 0.3) is 5.69 Å². The van der Waals surface area contributed by atoms with Crippen LogP contribution < -0.4 is 15.6 Å². The Bertz CT molecular complexity index is 1080. The van der Waals surface area contributed by atoms with Gasteiger partial charge in [-0.3, -0.25) is 9.59 Å². The summed E-state index contributed by atoms with van der Waals surface area (Å²) in [6.45, 7) is 2.07. The molecule has 1 saturated carbocycles. The van der Waals surface area contributed by atoms with Crippen LogP contribution in [-0.4, -0.2) is 27.4 Å². The first-order valence-electron chi connectivity index (χ1n) is 9.25. The molecule has 28 heavy (non-hydrogen) atoms. The third kappa shape index (κ3) is 3.43. The minimum atomic E-state index is -0.359. The van der Waals surface area contributed by atoms with Crippen molar-refractivity contribution >= 4 is 5.91 Å². The molecule has 1 aromatic carbocycles. The number of rotatable bonds is 6. The minimum Gasteiger partial charge on any atom is -0.494 e. The molecule has 0 unspecified atom stereocenters. The summed E-state index contributed by atoms with van der Waals surface area (Å²) in [7, 11) is 1.61. The highest BCUT2D eigenvalue weighted by atomic mass is 16.5. The number of pyridine rings is 1. The molecule has 3 aromatic rings. The van der Waals surface area contributed by atoms with Gasteiger partial charge in [0.25, 0.3) is 11.5 Å². The van der Waals surface area contributed by atoms with Crippen LogP contribution in [-0.2, 0) is 6.54 Å². The van der Waals surface area contributed by atoms with Gasteiger partial charge in [0.15, 0.2) is 0 Å². The Morgan fingerprint density at radius 2 is 2.07 bits per heavy atom. The van der Waals surface area contributed by atoms with Crippen molar-refractivity contribution in [1.82, 2.24) is 19.7 Å². The van der Waals surface area contributed by atoms with E-state index in [0.717, 1.165) is 24.1 Å². The van der Waals surface area contributed by atoms with Crippen molar-refractivity contribution in [3.05, 3.63) is 76.0 Å². The van der Waals surface area contributed by atoms with Gasteiger partial charge in [-0.25, -0.2) is 4.68 Å². The highest BCUT2D eigenvalue weighted by molar-refractivity contribution is 5.95. The Morgan fingerprint density at radius 1 is 1.29 bits per heavy atom. The van der Waals surface area contributed by atoms with Crippen molar-refractivity contribution in [2.24, 2.45) is 0 Å². The maximum atomic E-state index is 12.7. The fourth-order valence-electron chi connectivity index (χ4n) is 3.23. The number of amides is 1. The standard InChI is InChI=1S/C21H22N4O3/c1-14-9-10-24(16-7-8-16)21(27)19(14)20(26)22-11-15-12-23-25(13-15)17-5-3-4-6-18(17)28-2/h3-6,9-10,12-13,16H,7-8,11H2,1-2H3,(H,22,26). The lowest BCUT2D eigenvalue weighted by Gasteiger charge is -2.10. The molecular weight excluding hydrogens is 356 g/mol. The monoisotopic (exact) mass is 378 g/mol. The second kappa shape index (κ2) is 7.34. The zero-order chi connectivity index (χ0) is 19.7. The molecule has 2 heterocycles. The van der Waals surface area contributed by atoms with E-state index >= 15 is 0 Å². The van der Waals surface area contributed by atoms with Gasteiger partial charge in [-0.1, -0.05) is 12.1 Å². The van der Waals surface area contributed by atoms with E-state index in [0.29, 0.717) is 11.3 Å². The van der Waals surface area contributed by atoms with Gasteiger partial charge >= 0.3 is 0 Å². The number of para-hydroxylation sites is 2. The first-order valence-corrected chi connectivity index (χ1v) is 9.25. The number of ether oxygens (including phenoxy) is 1. The van der Waals surface area contributed by atoms with Crippen molar-refractivity contribution in [1.29, 1.82) is 0 Å². The van der Waals surface area contributed by atoms with Crippen LogP contribution in [0.15, 0.2) is 53.7 Å². The number of carbonyl (C=O) groups excluding carboxylic acids is 1. The number of carbonyl (C=O) groups is 1. The van der Waals surface area contributed by atoms with E-state index in [2.05, 4.69) is 10.4 Å². The van der Waals surface area contributed by atoms with E-state index in [1.165, 1.54) is 0 Å². The number of hydrogen-bond acceptors (Lipinski definition) is 4. The topological polar surface area (TPSA) is 78.1 Å². The zero-order valence-electron chi connectivity index (χ0n) is 15.9. The Labute approximate surface area is 162 Å². The van der Waals surface area contributed by atoms with Crippen LogP contribution in [0, 0.1) is 6.92 Å². The number of aryl methyl sites for hydroxylation is 1. The Hall–Kier alpha value is -3.35. The average Bonchev–Trinajstić information content (AvgIpc) is 3.43. The summed E-state index contributed by atoms with van der Waals surface area (Å²) in [6, 6.07) is 9.63. The molecule has 1 fully saturated rings. The Morgan fingerprint density at radius 3 is 2.82 bits per heavy atom. The SMILES string of the molecule is COc1ccccc1-n1cc(CNC(=O)c2c(C)ccn(C3CC3)c2=O)cn1. The van der Waals surface area contributed by atoms with E-state index in [9.17, 15) is 9.59 Å². The van der Waals surface area contributed by atoms with E-state index in [-0.39, 0.29) is 29.6 Å². The first-order chi connectivity index (χ1) is 13.6. The van der Waals surface area contributed by atoms with Crippen LogP contribution >= 0.6 is 0 Å². The molecule has 144 valence electrons. The van der Waals surface area contributed by atoms with Gasteiger partial charge in [0, 0.05) is 30.5 Å². The molecule has 0 spiro atoms. The van der Waals surface area contributed by atoms with Crippen LogP contribution in [0.5, 0.6) is 5.75 Å². The van der Waals surface area contributed by atoms with E-state index in [1.54, 1.807) is 35.7 Å². The first kappa shape index (κ1) is 18.0. The number of nitrogens with zero attached hydrogens (tertiary/aromatic N) is 3. The molecule has 7 heteroatoms. The molecule has 2 aromatic heterocycles. The number of aromatic nitrogens is 3. The lowest BCUT2D eigenvalue weighted by Crippen LogP contribution is -2.33. The largest absolute Gasteiger partial charge is 0.494 e. The highest BCUT2D eigenvalue weighted by Crippen LogP contribution is 2.33. The molecule has 0 saturated heterocycles. The fourth-order valence-corrected chi connectivity index (χ4v) is 3.23. The van der Waals surface area contributed by atoms with Crippen molar-refractivity contribution in [2.45, 2.75) is 32.4 Å². The highest BCUT2D eigenvalue weighted by Gasteiger charge is 2.27. The van der Waals surface area contributed by atoms with Gasteiger partial charge in [0.05, 0.1) is 13.3 Å². The average molecular weight is 378 g/mol. The molecule has 0 aliphatic heterocycles. The van der Waals surface area contributed by atoms with Gasteiger partial charge in [0.1, 0.15) is 17.0 Å². The van der Waals surface area contributed by atoms with Crippen molar-refractivity contribution in [2.75, 3.05) is 7.11 Å². The van der Waals surface area contributed by atoms with Gasteiger partial charge in [-0.05, 0) is 43.5 Å². The molecule has 1 aliphatic rings. The molecule has 4 rings (SSSR count). The van der Waals surface area contributed by atoms with E-state index < -0.39 is 0 Å². The summed E-state index contributed by atoms with van der Waals surface area (Å²) >= 11 is 0. The summed E-state index contributed by atoms with van der Waals surface area (Å²) in [4.78, 5) is 25.3. The second-order valence-corrected chi connectivity index (χ2v) is 6.97. The third-order valence-corrected chi connectivity index (χ3v) is 4.92. The summed E-state index contributed by atoms with van der Waals surface area (Å²) in [6.07, 6.45) is 7.28. The number of nitrogens with one attached hydrogen (secondary N) is 1. The van der Waals surface area contributed by atoms with Crippen LogP contribution in [0.4, 0.5) is 0 Å². The normalized spacial score (nSPS) is 13.4. The molecular formula is C21H22N4O3. The van der Waals surface area contributed by atoms with E-state index in [1.807, 2.05) is 36.5 Å². The van der Waals surface area contributed by atoms with Crippen LogP contribution in [0.2, 0.25) is 0 Å². The third-order valence-electron chi connectivity index (χ3n) is 4.92. The Balaban J connectivity index is 1.50. The molecule has 0 radical (unpaired) electrons. The van der Waals surface area contributed by atoms with Gasteiger partial charge in [-0.15, -0.1) is 0 Å². The molecule has 0 bridgehead atoms. The zero-order valence-corrected chi connectivity index (χ0v) is 15.9. The summed E-state index contributed by atoms with van der Waals surface area (Å²) in [5.74, 6) is 0.351. The molecule has 1 aliphatic carbocycles. The van der Waals surface area contributed by atoms with Crippen molar-refractivity contribution in [3.8, 4) is 11.4 Å². The molecule has 7 nitrogen and oxygen atoms in total. The number of hydrogen-bond donors (Lipinski definition) is 1.